The lowest BCUT2D eigenvalue weighted by Crippen LogP contribution is -2.52. The minimum atomic E-state index is -0.157. The van der Waals surface area contributed by atoms with Gasteiger partial charge in [0.2, 0.25) is 5.24 Å². The molecule has 5 heteroatoms. The van der Waals surface area contributed by atoms with Crippen LogP contribution in [0, 0.1) is 5.92 Å². The van der Waals surface area contributed by atoms with E-state index in [2.05, 4.69) is 53.5 Å². The van der Waals surface area contributed by atoms with Crippen LogP contribution < -0.4 is 5.32 Å². The quantitative estimate of drug-likeness (QED) is 0.864. The number of likely N-dealkylation sites (N-methyl/N-ethyl adjacent to an activating group) is 2. The topological polar surface area (TPSA) is 35.6 Å². The number of benzene rings is 1. The number of hydrogen-bond donors (Lipinski definition) is 1. The Morgan fingerprint density at radius 3 is 2.45 bits per heavy atom. The van der Waals surface area contributed by atoms with Crippen molar-refractivity contribution in [3.63, 3.8) is 0 Å². The summed E-state index contributed by atoms with van der Waals surface area (Å²) in [4.78, 5) is 14.8. The van der Waals surface area contributed by atoms with E-state index in [9.17, 15) is 4.79 Å². The maximum absolute atomic E-state index is 9.97. The summed E-state index contributed by atoms with van der Waals surface area (Å²) in [5.74, 6) is 0.228. The van der Waals surface area contributed by atoms with Crippen molar-refractivity contribution >= 4 is 22.5 Å². The molecular formula is C17H26ClN3O. The molecule has 1 aromatic carbocycles. The summed E-state index contributed by atoms with van der Waals surface area (Å²) in [5.41, 5.74) is 1.21. The fourth-order valence-corrected chi connectivity index (χ4v) is 2.64. The lowest BCUT2D eigenvalue weighted by molar-refractivity contribution is -0.112. The maximum Gasteiger partial charge on any atom is 0.224 e. The first-order chi connectivity index (χ1) is 10.6. The van der Waals surface area contributed by atoms with Crippen molar-refractivity contribution in [2.45, 2.75) is 18.9 Å². The minimum Gasteiger partial charge on any atom is -0.383 e. The summed E-state index contributed by atoms with van der Waals surface area (Å²) in [6.07, 6.45) is 2.03. The van der Waals surface area contributed by atoms with Crippen LogP contribution in [0.4, 0.5) is 5.69 Å². The first-order valence-electron chi connectivity index (χ1n) is 7.93. The number of halogens is 1. The summed E-state index contributed by atoms with van der Waals surface area (Å²) < 4.78 is 0. The van der Waals surface area contributed by atoms with E-state index in [1.165, 1.54) is 12.2 Å². The molecule has 1 unspecified atom stereocenters. The summed E-state index contributed by atoms with van der Waals surface area (Å²) in [7, 11) is 4.41. The van der Waals surface area contributed by atoms with Crippen molar-refractivity contribution in [2.75, 3.05) is 45.6 Å². The molecule has 3 rings (SSSR count). The van der Waals surface area contributed by atoms with Crippen molar-refractivity contribution in [1.29, 1.82) is 0 Å². The van der Waals surface area contributed by atoms with Gasteiger partial charge in [0.05, 0.1) is 0 Å². The van der Waals surface area contributed by atoms with Crippen molar-refractivity contribution in [3.8, 4) is 0 Å². The van der Waals surface area contributed by atoms with Crippen LogP contribution in [0.25, 0.3) is 0 Å². The van der Waals surface area contributed by atoms with Crippen molar-refractivity contribution in [1.82, 2.24) is 9.80 Å². The van der Waals surface area contributed by atoms with E-state index in [1.54, 1.807) is 0 Å². The Balaban J connectivity index is 0.000000246. The van der Waals surface area contributed by atoms with Crippen LogP contribution in [-0.4, -0.2) is 61.4 Å². The number of rotatable bonds is 4. The average Bonchev–Trinajstić information content (AvgIpc) is 3.35. The molecule has 122 valence electrons. The van der Waals surface area contributed by atoms with Gasteiger partial charge in [-0.3, -0.25) is 9.69 Å². The van der Waals surface area contributed by atoms with Crippen LogP contribution in [-0.2, 0) is 4.79 Å². The van der Waals surface area contributed by atoms with E-state index < -0.39 is 0 Å². The van der Waals surface area contributed by atoms with Crippen molar-refractivity contribution < 1.29 is 4.79 Å². The molecule has 2 fully saturated rings. The van der Waals surface area contributed by atoms with E-state index in [-0.39, 0.29) is 11.2 Å². The lowest BCUT2D eigenvalue weighted by Gasteiger charge is -2.37. The van der Waals surface area contributed by atoms with Gasteiger partial charge in [0, 0.05) is 43.8 Å². The first kappa shape index (κ1) is 17.3. The van der Waals surface area contributed by atoms with Crippen LogP contribution in [0.15, 0.2) is 30.3 Å². The molecule has 1 saturated heterocycles. The van der Waals surface area contributed by atoms with Crippen LogP contribution in [0.5, 0.6) is 0 Å². The predicted molar refractivity (Wildman–Crippen MR) is 92.4 cm³/mol. The molecule has 1 atom stereocenters. The van der Waals surface area contributed by atoms with Gasteiger partial charge in [0.15, 0.2) is 0 Å². The Hall–Kier alpha value is -1.10. The van der Waals surface area contributed by atoms with E-state index in [0.717, 1.165) is 32.5 Å². The number of nitrogens with one attached hydrogen (secondary N) is 1. The molecule has 1 saturated carbocycles. The second-order valence-electron chi connectivity index (χ2n) is 6.22. The molecule has 22 heavy (non-hydrogen) atoms. The molecule has 4 nitrogen and oxygen atoms in total. The molecule has 0 aromatic heterocycles. The van der Waals surface area contributed by atoms with Gasteiger partial charge in [0.1, 0.15) is 0 Å². The predicted octanol–water partition coefficient (Wildman–Crippen LogP) is 2.51. The molecule has 1 heterocycles. The second-order valence-corrected chi connectivity index (χ2v) is 6.59. The van der Waals surface area contributed by atoms with Gasteiger partial charge >= 0.3 is 0 Å². The van der Waals surface area contributed by atoms with Gasteiger partial charge in [-0.15, -0.1) is 0 Å². The zero-order valence-corrected chi connectivity index (χ0v) is 14.2. The third-order valence-corrected chi connectivity index (χ3v) is 4.50. The van der Waals surface area contributed by atoms with E-state index in [1.807, 2.05) is 6.07 Å². The largest absolute Gasteiger partial charge is 0.383 e. The van der Waals surface area contributed by atoms with E-state index in [4.69, 9.17) is 11.6 Å². The van der Waals surface area contributed by atoms with E-state index in [0.29, 0.717) is 6.04 Å². The number of piperazine rings is 1. The number of anilines is 1. The first-order valence-corrected chi connectivity index (χ1v) is 8.31. The van der Waals surface area contributed by atoms with Crippen molar-refractivity contribution in [3.05, 3.63) is 30.3 Å². The Bertz CT molecular complexity index is 464. The number of nitrogens with zero attached hydrogens (tertiary/aromatic N) is 2. The highest BCUT2D eigenvalue weighted by Crippen LogP contribution is 2.30. The fraction of sp³-hybridized carbons (Fsp3) is 0.588. The number of carbonyl (C=O) groups excluding carboxylic acids is 1. The van der Waals surface area contributed by atoms with Gasteiger partial charge in [0.25, 0.3) is 0 Å². The van der Waals surface area contributed by atoms with Crippen molar-refractivity contribution in [2.24, 2.45) is 5.92 Å². The molecule has 0 bridgehead atoms. The van der Waals surface area contributed by atoms with Gasteiger partial charge in [-0.05, 0) is 50.7 Å². The number of carbonyl (C=O) groups is 1. The Kier molecular flexibility index (Phi) is 6.68. The van der Waals surface area contributed by atoms with Crippen LogP contribution in [0.3, 0.4) is 0 Å². The normalized spacial score (nSPS) is 22.6. The smallest absolute Gasteiger partial charge is 0.224 e. The molecule has 1 aromatic rings. The third kappa shape index (κ3) is 5.95. The molecule has 0 spiro atoms. The highest BCUT2D eigenvalue weighted by Gasteiger charge is 2.27. The Labute approximate surface area is 138 Å². The molecule has 2 aliphatic rings. The van der Waals surface area contributed by atoms with Gasteiger partial charge in [-0.25, -0.2) is 0 Å². The Morgan fingerprint density at radius 1 is 1.23 bits per heavy atom. The monoisotopic (exact) mass is 323 g/mol. The molecule has 0 radical (unpaired) electrons. The third-order valence-electron chi connectivity index (χ3n) is 4.19. The van der Waals surface area contributed by atoms with Crippen LogP contribution in [0.1, 0.15) is 12.8 Å². The van der Waals surface area contributed by atoms with Gasteiger partial charge < -0.3 is 10.2 Å². The summed E-state index contributed by atoms with van der Waals surface area (Å²) >= 11 is 5.04. The van der Waals surface area contributed by atoms with Crippen LogP contribution >= 0.6 is 11.6 Å². The van der Waals surface area contributed by atoms with Crippen LogP contribution in [0.2, 0.25) is 0 Å². The molecule has 1 aliphatic heterocycles. The Morgan fingerprint density at radius 2 is 1.91 bits per heavy atom. The molecule has 1 N–H and O–H groups in total. The zero-order chi connectivity index (χ0) is 15.9. The zero-order valence-electron chi connectivity index (χ0n) is 13.5. The highest BCUT2D eigenvalue weighted by atomic mass is 35.5. The van der Waals surface area contributed by atoms with E-state index >= 15 is 0 Å². The highest BCUT2D eigenvalue weighted by molar-refractivity contribution is 6.64. The number of para-hydroxylation sites is 1. The average molecular weight is 324 g/mol. The lowest BCUT2D eigenvalue weighted by atomic mass is 10.2. The van der Waals surface area contributed by atoms with Gasteiger partial charge in [-0.1, -0.05) is 18.2 Å². The van der Waals surface area contributed by atoms with Gasteiger partial charge in [-0.2, -0.15) is 0 Å². The summed E-state index contributed by atoms with van der Waals surface area (Å²) in [6.45, 7) is 4.51. The number of hydrogen-bond acceptors (Lipinski definition) is 4. The summed E-state index contributed by atoms with van der Waals surface area (Å²) in [5, 5.41) is 3.34. The summed E-state index contributed by atoms with van der Waals surface area (Å²) in [6, 6.07) is 11.0. The standard InChI is InChI=1S/C13H21N3.C4H5ClO/c1-15-8-9-16(2)13(11-15)10-14-12-6-4-3-5-7-12;5-4(6)3-1-2-3/h3-7,13-14H,8-11H2,1-2H3;3H,1-2H2. The fourth-order valence-electron chi connectivity index (χ4n) is 2.42. The second kappa shape index (κ2) is 8.51. The molecule has 1 aliphatic carbocycles. The molecule has 0 amide bonds. The maximum atomic E-state index is 9.97. The minimum absolute atomic E-state index is 0.157. The molecular weight excluding hydrogens is 298 g/mol. The SMILES string of the molecule is CN1CCN(C)C(CNc2ccccc2)C1.O=C(Cl)C1CC1.